The number of unbranched alkanes of at least 4 members (excludes halogenated alkanes) is 4. The van der Waals surface area contributed by atoms with Crippen LogP contribution in [0.15, 0.2) is 36.4 Å². The predicted octanol–water partition coefficient (Wildman–Crippen LogP) is 9.71. The van der Waals surface area contributed by atoms with Crippen molar-refractivity contribution in [2.24, 2.45) is 11.8 Å². The molecular formula is C28H41F3. The lowest BCUT2D eigenvalue weighted by Crippen LogP contribution is -2.14. The molecule has 3 heteroatoms. The molecule has 0 saturated heterocycles. The number of alkyl halides is 3. The molecule has 174 valence electrons. The molecule has 0 N–H and O–H groups in total. The molecule has 2 saturated carbocycles. The smallest absolute Gasteiger partial charge is 0.167 e. The van der Waals surface area contributed by atoms with Gasteiger partial charge in [-0.1, -0.05) is 75.8 Å². The molecule has 0 nitrogen and oxygen atoms in total. The number of rotatable bonds is 9. The SMILES string of the molecule is CCCCCCC[C@H]1CC[C@H](c2ccc([C@H]3CC[C@H](/C=C/C(F)(F)F)CC3)cc2)CC1. The van der Waals surface area contributed by atoms with E-state index in [9.17, 15) is 13.2 Å². The van der Waals surface area contributed by atoms with Crippen LogP contribution in [0.5, 0.6) is 0 Å². The summed E-state index contributed by atoms with van der Waals surface area (Å²) in [6.07, 6.45) is 15.1. The van der Waals surface area contributed by atoms with Crippen LogP contribution in [0.4, 0.5) is 13.2 Å². The molecule has 31 heavy (non-hydrogen) atoms. The second kappa shape index (κ2) is 12.1. The van der Waals surface area contributed by atoms with Gasteiger partial charge in [0.2, 0.25) is 0 Å². The van der Waals surface area contributed by atoms with E-state index in [1.165, 1.54) is 81.4 Å². The van der Waals surface area contributed by atoms with Crippen molar-refractivity contribution in [2.45, 2.75) is 115 Å². The Hall–Kier alpha value is -1.25. The normalized spacial score (nSPS) is 27.6. The third-order valence-electron chi connectivity index (χ3n) is 7.77. The van der Waals surface area contributed by atoms with Crippen LogP contribution in [0.1, 0.15) is 120 Å². The second-order valence-corrected chi connectivity index (χ2v) is 10.1. The van der Waals surface area contributed by atoms with Crippen LogP contribution in [-0.2, 0) is 0 Å². The minimum absolute atomic E-state index is 0.0824. The first kappa shape index (κ1) is 24.4. The van der Waals surface area contributed by atoms with Gasteiger partial charge >= 0.3 is 6.18 Å². The van der Waals surface area contributed by atoms with Crippen LogP contribution in [0.25, 0.3) is 0 Å². The zero-order chi connectivity index (χ0) is 22.1. The molecule has 1 aromatic carbocycles. The average Bonchev–Trinajstić information content (AvgIpc) is 2.78. The standard InChI is InChI=1S/C28H41F3/c1-2-3-4-5-6-7-22-8-12-24(13-9-22)26-16-18-27(19-17-26)25-14-10-23(11-15-25)20-21-28(29,30)31/h16-25H,2-15H2,1H3/b21-20+/t22-,23-,24-,25-. The molecule has 0 bridgehead atoms. The minimum Gasteiger partial charge on any atom is -0.167 e. The highest BCUT2D eigenvalue weighted by molar-refractivity contribution is 5.28. The highest BCUT2D eigenvalue weighted by Gasteiger charge is 2.26. The first-order valence-electron chi connectivity index (χ1n) is 12.8. The molecule has 1 aromatic rings. The first-order chi connectivity index (χ1) is 14.9. The van der Waals surface area contributed by atoms with Crippen LogP contribution in [-0.4, -0.2) is 6.18 Å². The van der Waals surface area contributed by atoms with Crippen molar-refractivity contribution in [3.8, 4) is 0 Å². The van der Waals surface area contributed by atoms with Crippen molar-refractivity contribution in [3.05, 3.63) is 47.5 Å². The van der Waals surface area contributed by atoms with E-state index >= 15 is 0 Å². The third kappa shape index (κ3) is 8.31. The summed E-state index contributed by atoms with van der Waals surface area (Å²) in [6, 6.07) is 9.26. The van der Waals surface area contributed by atoms with Gasteiger partial charge in [-0.15, -0.1) is 0 Å². The van der Waals surface area contributed by atoms with Crippen LogP contribution >= 0.6 is 0 Å². The van der Waals surface area contributed by atoms with Crippen molar-refractivity contribution in [2.75, 3.05) is 0 Å². The monoisotopic (exact) mass is 434 g/mol. The van der Waals surface area contributed by atoms with Gasteiger partial charge < -0.3 is 0 Å². The number of allylic oxidation sites excluding steroid dienone is 2. The molecule has 0 aromatic heterocycles. The van der Waals surface area contributed by atoms with Gasteiger partial charge in [0.05, 0.1) is 0 Å². The lowest BCUT2D eigenvalue weighted by molar-refractivity contribution is -0.0803. The molecule has 0 amide bonds. The van der Waals surface area contributed by atoms with Crippen molar-refractivity contribution in [3.63, 3.8) is 0 Å². The molecule has 2 aliphatic rings. The fraction of sp³-hybridized carbons (Fsp3) is 0.714. The van der Waals surface area contributed by atoms with Crippen LogP contribution in [0.2, 0.25) is 0 Å². The van der Waals surface area contributed by atoms with Crippen molar-refractivity contribution in [1.29, 1.82) is 0 Å². The average molecular weight is 435 g/mol. The Morgan fingerprint density at radius 3 is 1.77 bits per heavy atom. The summed E-state index contributed by atoms with van der Waals surface area (Å²) in [5.41, 5.74) is 2.87. The summed E-state index contributed by atoms with van der Waals surface area (Å²) >= 11 is 0. The van der Waals surface area contributed by atoms with Gasteiger partial charge in [-0.05, 0) is 86.2 Å². The minimum atomic E-state index is -4.18. The fourth-order valence-electron chi connectivity index (χ4n) is 5.75. The van der Waals surface area contributed by atoms with Crippen LogP contribution in [0.3, 0.4) is 0 Å². The summed E-state index contributed by atoms with van der Waals surface area (Å²) in [5.74, 6) is 2.25. The van der Waals surface area contributed by atoms with E-state index in [-0.39, 0.29) is 5.92 Å². The lowest BCUT2D eigenvalue weighted by Gasteiger charge is -2.30. The number of benzene rings is 1. The van der Waals surface area contributed by atoms with Crippen LogP contribution in [0, 0.1) is 11.8 Å². The quantitative estimate of drug-likeness (QED) is 0.268. The first-order valence-corrected chi connectivity index (χ1v) is 12.8. The Labute approximate surface area is 187 Å². The maximum absolute atomic E-state index is 12.4. The van der Waals surface area contributed by atoms with Gasteiger partial charge in [0.15, 0.2) is 0 Å². The van der Waals surface area contributed by atoms with Gasteiger partial charge in [-0.3, -0.25) is 0 Å². The zero-order valence-corrected chi connectivity index (χ0v) is 19.3. The molecule has 2 aliphatic carbocycles. The molecule has 3 rings (SSSR count). The van der Waals surface area contributed by atoms with Gasteiger partial charge in [-0.25, -0.2) is 0 Å². The van der Waals surface area contributed by atoms with E-state index in [4.69, 9.17) is 0 Å². The van der Waals surface area contributed by atoms with E-state index in [0.29, 0.717) is 17.9 Å². The number of hydrogen-bond acceptors (Lipinski definition) is 0. The molecule has 0 heterocycles. The van der Waals surface area contributed by atoms with E-state index in [2.05, 4.69) is 31.2 Å². The zero-order valence-electron chi connectivity index (χ0n) is 19.3. The van der Waals surface area contributed by atoms with Crippen molar-refractivity contribution in [1.82, 2.24) is 0 Å². The topological polar surface area (TPSA) is 0 Å². The summed E-state index contributed by atoms with van der Waals surface area (Å²) in [5, 5.41) is 0. The van der Waals surface area contributed by atoms with Crippen molar-refractivity contribution >= 4 is 0 Å². The summed E-state index contributed by atoms with van der Waals surface area (Å²) in [7, 11) is 0. The summed E-state index contributed by atoms with van der Waals surface area (Å²) in [6.45, 7) is 2.28. The molecule has 2 fully saturated rings. The fourth-order valence-corrected chi connectivity index (χ4v) is 5.75. The molecule has 0 radical (unpaired) electrons. The van der Waals surface area contributed by atoms with E-state index in [1.807, 2.05) is 0 Å². The van der Waals surface area contributed by atoms with Gasteiger partial charge in [-0.2, -0.15) is 13.2 Å². The number of halogens is 3. The van der Waals surface area contributed by atoms with Gasteiger partial charge in [0.25, 0.3) is 0 Å². The maximum Gasteiger partial charge on any atom is 0.409 e. The second-order valence-electron chi connectivity index (χ2n) is 10.1. The largest absolute Gasteiger partial charge is 0.409 e. The molecule has 0 atom stereocenters. The van der Waals surface area contributed by atoms with Gasteiger partial charge in [0, 0.05) is 6.08 Å². The highest BCUT2D eigenvalue weighted by Crippen LogP contribution is 2.40. The number of hydrogen-bond donors (Lipinski definition) is 0. The Morgan fingerprint density at radius 2 is 1.26 bits per heavy atom. The lowest BCUT2D eigenvalue weighted by atomic mass is 9.75. The predicted molar refractivity (Wildman–Crippen MR) is 124 cm³/mol. The third-order valence-corrected chi connectivity index (χ3v) is 7.77. The Morgan fingerprint density at radius 1 is 0.742 bits per heavy atom. The molecule has 0 aliphatic heterocycles. The Kier molecular flexibility index (Phi) is 9.53. The molecule has 0 spiro atoms. The van der Waals surface area contributed by atoms with Crippen molar-refractivity contribution < 1.29 is 13.2 Å². The van der Waals surface area contributed by atoms with E-state index in [0.717, 1.165) is 31.6 Å². The highest BCUT2D eigenvalue weighted by atomic mass is 19.4. The van der Waals surface area contributed by atoms with E-state index < -0.39 is 6.18 Å². The summed E-state index contributed by atoms with van der Waals surface area (Å²) in [4.78, 5) is 0. The Bertz CT molecular complexity index is 642. The van der Waals surface area contributed by atoms with E-state index in [1.54, 1.807) is 0 Å². The maximum atomic E-state index is 12.4. The van der Waals surface area contributed by atoms with Gasteiger partial charge in [0.1, 0.15) is 0 Å². The molecule has 0 unspecified atom stereocenters. The molecular weight excluding hydrogens is 393 g/mol. The summed E-state index contributed by atoms with van der Waals surface area (Å²) < 4.78 is 37.1. The Balaban J connectivity index is 1.39. The van der Waals surface area contributed by atoms with Crippen LogP contribution < -0.4 is 0 Å².